The molecule has 0 spiro atoms. The lowest BCUT2D eigenvalue weighted by atomic mass is 10.2. The number of para-hydroxylation sites is 2. The van der Waals surface area contributed by atoms with Gasteiger partial charge >= 0.3 is 0 Å². The minimum Gasteiger partial charge on any atom is -0.494 e. The topological polar surface area (TPSA) is 69.0 Å². The molecule has 1 aromatic heterocycles. The Morgan fingerprint density at radius 1 is 1.22 bits per heavy atom. The summed E-state index contributed by atoms with van der Waals surface area (Å²) in [6.07, 6.45) is 2.88. The highest BCUT2D eigenvalue weighted by Crippen LogP contribution is 2.21. The molecule has 0 unspecified atom stereocenters. The van der Waals surface area contributed by atoms with Crippen molar-refractivity contribution >= 4 is 17.7 Å². The molecule has 0 fully saturated rings. The number of hydrogen-bond donors (Lipinski definition) is 1. The van der Waals surface area contributed by atoms with Crippen LogP contribution in [0.4, 0.5) is 10.1 Å². The summed E-state index contributed by atoms with van der Waals surface area (Å²) in [4.78, 5) is 16.6. The lowest BCUT2D eigenvalue weighted by Crippen LogP contribution is -2.11. The molecule has 3 aromatic rings. The molecule has 1 heterocycles. The van der Waals surface area contributed by atoms with Crippen LogP contribution in [-0.2, 0) is 4.79 Å². The fourth-order valence-electron chi connectivity index (χ4n) is 2.65. The maximum Gasteiger partial charge on any atom is 0.248 e. The van der Waals surface area contributed by atoms with E-state index < -0.39 is 5.82 Å². The second-order valence-electron chi connectivity index (χ2n) is 5.85. The minimum absolute atomic E-state index is 0.157. The number of nitrogens with one attached hydrogen (secondary N) is 1. The van der Waals surface area contributed by atoms with Gasteiger partial charge in [-0.3, -0.25) is 4.79 Å². The predicted octanol–water partition coefficient (Wildman–Crippen LogP) is 3.68. The van der Waals surface area contributed by atoms with Gasteiger partial charge in [-0.25, -0.2) is 14.1 Å². The average Bonchev–Trinajstić information content (AvgIpc) is 2.98. The van der Waals surface area contributed by atoms with Crippen molar-refractivity contribution in [2.45, 2.75) is 13.8 Å². The number of carbonyl (C=O) groups is 1. The zero-order valence-electron chi connectivity index (χ0n) is 15.2. The van der Waals surface area contributed by atoms with E-state index in [1.54, 1.807) is 23.7 Å². The van der Waals surface area contributed by atoms with Crippen molar-refractivity contribution < 1.29 is 13.9 Å². The first kappa shape index (κ1) is 18.3. The van der Waals surface area contributed by atoms with Gasteiger partial charge in [-0.2, -0.15) is 5.10 Å². The molecule has 0 aliphatic rings. The second-order valence-corrected chi connectivity index (χ2v) is 5.85. The Hall–Kier alpha value is -3.48. The molecule has 3 rings (SSSR count). The number of aromatic nitrogens is 3. The van der Waals surface area contributed by atoms with Crippen molar-refractivity contribution in [2.75, 3.05) is 12.4 Å². The molecule has 0 aliphatic carbocycles. The number of anilines is 1. The Kier molecular flexibility index (Phi) is 5.30. The summed E-state index contributed by atoms with van der Waals surface area (Å²) in [5, 5.41) is 7.17. The van der Waals surface area contributed by atoms with Crippen molar-refractivity contribution in [2.24, 2.45) is 0 Å². The monoisotopic (exact) mass is 366 g/mol. The number of aryl methyl sites for hydroxylation is 2. The van der Waals surface area contributed by atoms with Crippen LogP contribution in [0.25, 0.3) is 11.8 Å². The van der Waals surface area contributed by atoms with Crippen molar-refractivity contribution in [1.29, 1.82) is 0 Å². The predicted molar refractivity (Wildman–Crippen MR) is 101 cm³/mol. The molecule has 0 bridgehead atoms. The molecule has 6 nitrogen and oxygen atoms in total. The van der Waals surface area contributed by atoms with Gasteiger partial charge in [-0.05, 0) is 49.8 Å². The van der Waals surface area contributed by atoms with Gasteiger partial charge in [0.05, 0.1) is 18.5 Å². The number of ether oxygens (including phenoxy) is 1. The molecule has 0 aliphatic heterocycles. The van der Waals surface area contributed by atoms with Crippen LogP contribution in [0.2, 0.25) is 0 Å². The molecule has 0 radical (unpaired) electrons. The zero-order valence-corrected chi connectivity index (χ0v) is 15.2. The number of carbonyl (C=O) groups excluding carboxylic acids is 1. The Morgan fingerprint density at radius 2 is 2.00 bits per heavy atom. The van der Waals surface area contributed by atoms with Gasteiger partial charge in [0.15, 0.2) is 11.6 Å². The van der Waals surface area contributed by atoms with Gasteiger partial charge in [-0.15, -0.1) is 0 Å². The third kappa shape index (κ3) is 4.20. The zero-order chi connectivity index (χ0) is 19.4. The van der Waals surface area contributed by atoms with Crippen molar-refractivity contribution in [3.05, 3.63) is 71.6 Å². The summed E-state index contributed by atoms with van der Waals surface area (Å²) < 4.78 is 20.3. The molecule has 138 valence electrons. The highest BCUT2D eigenvalue weighted by Gasteiger charge is 2.11. The second kappa shape index (κ2) is 7.82. The summed E-state index contributed by atoms with van der Waals surface area (Å²) in [5.41, 5.74) is 1.87. The van der Waals surface area contributed by atoms with Crippen LogP contribution < -0.4 is 10.1 Å². The van der Waals surface area contributed by atoms with E-state index in [4.69, 9.17) is 4.74 Å². The van der Waals surface area contributed by atoms with Crippen LogP contribution in [0.3, 0.4) is 0 Å². The third-order valence-electron chi connectivity index (χ3n) is 3.87. The lowest BCUT2D eigenvalue weighted by Gasteiger charge is -2.10. The molecule has 0 saturated heterocycles. The number of benzene rings is 2. The fraction of sp³-hybridized carbons (Fsp3) is 0.150. The van der Waals surface area contributed by atoms with Gasteiger partial charge in [0.2, 0.25) is 5.91 Å². The van der Waals surface area contributed by atoms with Gasteiger partial charge in [0, 0.05) is 6.08 Å². The first-order valence-electron chi connectivity index (χ1n) is 8.30. The van der Waals surface area contributed by atoms with Gasteiger partial charge in [0.25, 0.3) is 0 Å². The number of nitrogens with zero attached hydrogens (tertiary/aromatic N) is 3. The van der Waals surface area contributed by atoms with Gasteiger partial charge in [-0.1, -0.05) is 18.2 Å². The van der Waals surface area contributed by atoms with Crippen LogP contribution >= 0.6 is 0 Å². The van der Waals surface area contributed by atoms with Crippen LogP contribution in [-0.4, -0.2) is 27.8 Å². The quantitative estimate of drug-likeness (QED) is 0.700. The molecule has 27 heavy (non-hydrogen) atoms. The number of methoxy groups -OCH3 is 1. The van der Waals surface area contributed by atoms with E-state index in [0.717, 1.165) is 5.82 Å². The largest absolute Gasteiger partial charge is 0.494 e. The molecule has 1 amide bonds. The Bertz CT molecular complexity index is 1010. The van der Waals surface area contributed by atoms with E-state index in [0.29, 0.717) is 22.8 Å². The van der Waals surface area contributed by atoms with Crippen molar-refractivity contribution in [1.82, 2.24) is 14.8 Å². The standard InChI is InChI=1S/C20H19FN4O2/c1-13-22-14(2)25(24-13)18-7-5-4-6-17(18)23-20(26)11-9-15-8-10-19(27-3)16(21)12-15/h4-12H,1-3H3,(H,23,26). The minimum atomic E-state index is -0.484. The van der Waals surface area contributed by atoms with Gasteiger partial charge < -0.3 is 10.1 Å². The molecular formula is C20H19FN4O2. The first-order chi connectivity index (χ1) is 13.0. The molecule has 7 heteroatoms. The highest BCUT2D eigenvalue weighted by molar-refractivity contribution is 6.03. The number of amides is 1. The molecule has 0 atom stereocenters. The summed E-state index contributed by atoms with van der Waals surface area (Å²) in [6.45, 7) is 3.65. The van der Waals surface area contributed by atoms with Crippen molar-refractivity contribution in [3.8, 4) is 11.4 Å². The van der Waals surface area contributed by atoms with E-state index in [2.05, 4.69) is 15.4 Å². The molecular weight excluding hydrogens is 347 g/mol. The van der Waals surface area contributed by atoms with Crippen LogP contribution in [0.5, 0.6) is 5.75 Å². The van der Waals surface area contributed by atoms with Crippen LogP contribution in [0.1, 0.15) is 17.2 Å². The van der Waals surface area contributed by atoms with E-state index in [-0.39, 0.29) is 11.7 Å². The molecule has 1 N–H and O–H groups in total. The molecule has 0 saturated carbocycles. The highest BCUT2D eigenvalue weighted by atomic mass is 19.1. The SMILES string of the molecule is COc1ccc(C=CC(=O)Nc2ccccc2-n2nc(C)nc2C)cc1F. The average molecular weight is 366 g/mol. The van der Waals surface area contributed by atoms with Crippen molar-refractivity contribution in [3.63, 3.8) is 0 Å². The lowest BCUT2D eigenvalue weighted by molar-refractivity contribution is -0.111. The third-order valence-corrected chi connectivity index (χ3v) is 3.87. The Labute approximate surface area is 156 Å². The normalized spacial score (nSPS) is 11.0. The summed E-state index contributed by atoms with van der Waals surface area (Å²) >= 11 is 0. The van der Waals surface area contributed by atoms with E-state index in [9.17, 15) is 9.18 Å². The summed E-state index contributed by atoms with van der Waals surface area (Å²) in [6, 6.07) is 11.8. The van der Waals surface area contributed by atoms with Crippen LogP contribution in [0, 0.1) is 19.7 Å². The van der Waals surface area contributed by atoms with E-state index in [1.807, 2.05) is 25.1 Å². The Balaban J connectivity index is 1.79. The molecule has 2 aromatic carbocycles. The van der Waals surface area contributed by atoms with E-state index in [1.165, 1.54) is 31.4 Å². The summed E-state index contributed by atoms with van der Waals surface area (Å²) in [7, 11) is 1.40. The first-order valence-corrected chi connectivity index (χ1v) is 8.30. The maximum absolute atomic E-state index is 13.7. The van der Waals surface area contributed by atoms with Gasteiger partial charge in [0.1, 0.15) is 11.6 Å². The Morgan fingerprint density at radius 3 is 2.67 bits per heavy atom. The fourth-order valence-corrected chi connectivity index (χ4v) is 2.65. The number of halogens is 1. The maximum atomic E-state index is 13.7. The number of hydrogen-bond acceptors (Lipinski definition) is 4. The number of rotatable bonds is 5. The summed E-state index contributed by atoms with van der Waals surface area (Å²) in [5.74, 6) is 0.702. The smallest absolute Gasteiger partial charge is 0.248 e. The van der Waals surface area contributed by atoms with Crippen LogP contribution in [0.15, 0.2) is 48.5 Å². The van der Waals surface area contributed by atoms with E-state index >= 15 is 0 Å².